The second-order valence-electron chi connectivity index (χ2n) is 7.29. The van der Waals surface area contributed by atoms with Gasteiger partial charge in [0, 0.05) is 36.6 Å². The fraction of sp³-hybridized carbons (Fsp3) is 0.227. The number of anilines is 2. The molecule has 1 saturated heterocycles. The van der Waals surface area contributed by atoms with Crippen molar-refractivity contribution in [3.63, 3.8) is 0 Å². The van der Waals surface area contributed by atoms with Crippen molar-refractivity contribution < 1.29 is 14.0 Å². The Morgan fingerprint density at radius 1 is 1.03 bits per heavy atom. The molecule has 154 valence electrons. The molecule has 1 fully saturated rings. The number of amides is 2. The summed E-state index contributed by atoms with van der Waals surface area (Å²) in [6.45, 7) is 1.55. The Labute approximate surface area is 173 Å². The van der Waals surface area contributed by atoms with Crippen LogP contribution in [0.3, 0.4) is 0 Å². The van der Waals surface area contributed by atoms with Gasteiger partial charge in [0.1, 0.15) is 5.82 Å². The van der Waals surface area contributed by atoms with Gasteiger partial charge in [-0.15, -0.1) is 0 Å². The number of nitrogens with zero attached hydrogens (tertiary/aromatic N) is 3. The zero-order valence-electron chi connectivity index (χ0n) is 16.3. The molecule has 4 rings (SSSR count). The Kier molecular flexibility index (Phi) is 5.47. The van der Waals surface area contributed by atoms with Crippen molar-refractivity contribution in [1.29, 1.82) is 0 Å². The van der Waals surface area contributed by atoms with E-state index in [4.69, 9.17) is 5.73 Å². The third kappa shape index (κ3) is 4.32. The van der Waals surface area contributed by atoms with Gasteiger partial charge in [0.05, 0.1) is 5.69 Å². The summed E-state index contributed by atoms with van der Waals surface area (Å²) < 4.78 is 14.8. The van der Waals surface area contributed by atoms with E-state index in [2.05, 4.69) is 15.3 Å². The lowest BCUT2D eigenvalue weighted by molar-refractivity contribution is -0.122. The molecule has 0 atom stereocenters. The Balaban J connectivity index is 1.38. The molecule has 7 nitrogen and oxygen atoms in total. The van der Waals surface area contributed by atoms with Gasteiger partial charge < -0.3 is 16.0 Å². The van der Waals surface area contributed by atoms with Crippen molar-refractivity contribution >= 4 is 23.2 Å². The standard InChI is InChI=1S/C22H22FN5O2/c23-16-2-1-3-19(14-16)28-13-10-20(26-28)22(30)25-17-4-6-18(7-5-17)27-11-8-15(9-12-27)21(24)29/h1-7,10,13-15H,8-9,11-12H2,(H2,24,29)(H,25,30). The number of primary amides is 1. The van der Waals surface area contributed by atoms with Crippen LogP contribution in [-0.2, 0) is 4.79 Å². The number of hydrogen-bond donors (Lipinski definition) is 2. The largest absolute Gasteiger partial charge is 0.371 e. The summed E-state index contributed by atoms with van der Waals surface area (Å²) in [6.07, 6.45) is 3.12. The fourth-order valence-electron chi connectivity index (χ4n) is 3.58. The van der Waals surface area contributed by atoms with E-state index in [1.165, 1.54) is 16.8 Å². The highest BCUT2D eigenvalue weighted by Crippen LogP contribution is 2.24. The molecule has 8 heteroatoms. The molecule has 1 aliphatic heterocycles. The van der Waals surface area contributed by atoms with Gasteiger partial charge >= 0.3 is 0 Å². The minimum atomic E-state index is -0.368. The zero-order chi connectivity index (χ0) is 21.1. The zero-order valence-corrected chi connectivity index (χ0v) is 16.3. The van der Waals surface area contributed by atoms with Crippen LogP contribution in [-0.4, -0.2) is 34.7 Å². The van der Waals surface area contributed by atoms with Gasteiger partial charge in [0.2, 0.25) is 5.91 Å². The molecule has 30 heavy (non-hydrogen) atoms. The number of carbonyl (C=O) groups is 2. The summed E-state index contributed by atoms with van der Waals surface area (Å²) >= 11 is 0. The van der Waals surface area contributed by atoms with E-state index in [0.29, 0.717) is 11.4 Å². The van der Waals surface area contributed by atoms with Gasteiger partial charge in [-0.05, 0) is 61.4 Å². The SMILES string of the molecule is NC(=O)C1CCN(c2ccc(NC(=O)c3ccn(-c4cccc(F)c4)n3)cc2)CC1. The van der Waals surface area contributed by atoms with Crippen LogP contribution in [0.2, 0.25) is 0 Å². The highest BCUT2D eigenvalue weighted by Gasteiger charge is 2.23. The van der Waals surface area contributed by atoms with Gasteiger partial charge in [0.15, 0.2) is 5.69 Å². The second-order valence-corrected chi connectivity index (χ2v) is 7.29. The lowest BCUT2D eigenvalue weighted by atomic mass is 9.96. The summed E-state index contributed by atoms with van der Waals surface area (Å²) in [5, 5.41) is 7.04. The molecule has 0 spiro atoms. The van der Waals surface area contributed by atoms with Crippen molar-refractivity contribution in [1.82, 2.24) is 9.78 Å². The maximum Gasteiger partial charge on any atom is 0.276 e. The lowest BCUT2D eigenvalue weighted by Crippen LogP contribution is -2.38. The molecule has 0 radical (unpaired) electrons. The summed E-state index contributed by atoms with van der Waals surface area (Å²) in [7, 11) is 0. The maximum absolute atomic E-state index is 13.4. The number of aromatic nitrogens is 2. The van der Waals surface area contributed by atoms with Crippen LogP contribution in [0, 0.1) is 11.7 Å². The number of halogens is 1. The third-order valence-electron chi connectivity index (χ3n) is 5.28. The number of rotatable bonds is 5. The average Bonchev–Trinajstić information content (AvgIpc) is 3.25. The normalized spacial score (nSPS) is 14.5. The van der Waals surface area contributed by atoms with Gasteiger partial charge in [-0.3, -0.25) is 9.59 Å². The first-order chi connectivity index (χ1) is 14.5. The smallest absolute Gasteiger partial charge is 0.276 e. The Morgan fingerprint density at radius 2 is 1.77 bits per heavy atom. The molecule has 3 aromatic rings. The minimum absolute atomic E-state index is 0.0491. The number of benzene rings is 2. The van der Waals surface area contributed by atoms with E-state index in [9.17, 15) is 14.0 Å². The molecule has 0 aliphatic carbocycles. The average molecular weight is 407 g/mol. The summed E-state index contributed by atoms with van der Waals surface area (Å²) in [5.41, 5.74) is 7.84. The summed E-state index contributed by atoms with van der Waals surface area (Å²) in [4.78, 5) is 26.0. The van der Waals surface area contributed by atoms with Crippen LogP contribution < -0.4 is 16.0 Å². The molecule has 0 unspecified atom stereocenters. The Morgan fingerprint density at radius 3 is 2.43 bits per heavy atom. The lowest BCUT2D eigenvalue weighted by Gasteiger charge is -2.32. The van der Waals surface area contributed by atoms with Gasteiger partial charge in [-0.1, -0.05) is 6.07 Å². The quantitative estimate of drug-likeness (QED) is 0.680. The number of nitrogens with one attached hydrogen (secondary N) is 1. The van der Waals surface area contributed by atoms with E-state index in [0.717, 1.165) is 31.6 Å². The number of piperidine rings is 1. The van der Waals surface area contributed by atoms with Crippen molar-refractivity contribution in [3.05, 3.63) is 72.3 Å². The summed E-state index contributed by atoms with van der Waals surface area (Å²) in [6, 6.07) is 15.1. The first-order valence-electron chi connectivity index (χ1n) is 9.77. The van der Waals surface area contributed by atoms with Crippen LogP contribution >= 0.6 is 0 Å². The maximum atomic E-state index is 13.4. The van der Waals surface area contributed by atoms with E-state index < -0.39 is 0 Å². The number of nitrogens with two attached hydrogens (primary N) is 1. The van der Waals surface area contributed by atoms with Gasteiger partial charge in [-0.25, -0.2) is 9.07 Å². The molecule has 0 bridgehead atoms. The molecule has 1 aliphatic rings. The Hall–Kier alpha value is -3.68. The van der Waals surface area contributed by atoms with Gasteiger partial charge in [0.25, 0.3) is 5.91 Å². The fourth-order valence-corrected chi connectivity index (χ4v) is 3.58. The van der Waals surface area contributed by atoms with Crippen LogP contribution in [0.25, 0.3) is 5.69 Å². The molecule has 3 N–H and O–H groups in total. The van der Waals surface area contributed by atoms with Crippen LogP contribution in [0.15, 0.2) is 60.8 Å². The second kappa shape index (κ2) is 8.36. The molecule has 1 aromatic heterocycles. The van der Waals surface area contributed by atoms with Gasteiger partial charge in [-0.2, -0.15) is 5.10 Å². The van der Waals surface area contributed by atoms with Crippen LogP contribution in [0.5, 0.6) is 0 Å². The molecular weight excluding hydrogens is 385 g/mol. The Bertz CT molecular complexity index is 1060. The van der Waals surface area contributed by atoms with E-state index >= 15 is 0 Å². The molecule has 2 heterocycles. The monoisotopic (exact) mass is 407 g/mol. The van der Waals surface area contributed by atoms with Crippen molar-refractivity contribution in [2.24, 2.45) is 11.7 Å². The van der Waals surface area contributed by atoms with E-state index in [1.54, 1.807) is 24.4 Å². The first-order valence-corrected chi connectivity index (χ1v) is 9.77. The predicted molar refractivity (Wildman–Crippen MR) is 112 cm³/mol. The third-order valence-corrected chi connectivity index (χ3v) is 5.28. The molecule has 0 saturated carbocycles. The molecular formula is C22H22FN5O2. The molecule has 2 aromatic carbocycles. The van der Waals surface area contributed by atoms with Crippen LogP contribution in [0.1, 0.15) is 23.3 Å². The highest BCUT2D eigenvalue weighted by molar-refractivity contribution is 6.02. The minimum Gasteiger partial charge on any atom is -0.371 e. The topological polar surface area (TPSA) is 93.3 Å². The van der Waals surface area contributed by atoms with Crippen molar-refractivity contribution in [2.45, 2.75) is 12.8 Å². The highest BCUT2D eigenvalue weighted by atomic mass is 19.1. The molecule has 2 amide bonds. The van der Waals surface area contributed by atoms with Crippen LogP contribution in [0.4, 0.5) is 15.8 Å². The van der Waals surface area contributed by atoms with Crippen molar-refractivity contribution in [2.75, 3.05) is 23.3 Å². The van der Waals surface area contributed by atoms with E-state index in [-0.39, 0.29) is 29.2 Å². The van der Waals surface area contributed by atoms with E-state index in [1.807, 2.05) is 24.3 Å². The van der Waals surface area contributed by atoms with Crippen molar-refractivity contribution in [3.8, 4) is 5.69 Å². The number of hydrogen-bond acceptors (Lipinski definition) is 4. The number of carbonyl (C=O) groups excluding carboxylic acids is 2. The summed E-state index contributed by atoms with van der Waals surface area (Å²) in [5.74, 6) is -0.993. The first kappa shape index (κ1) is 19.6. The predicted octanol–water partition coefficient (Wildman–Crippen LogP) is 2.97.